The van der Waals surface area contributed by atoms with Crippen LogP contribution in [0.5, 0.6) is 0 Å². The third kappa shape index (κ3) is 3.89. The molecule has 3 unspecified atom stereocenters. The zero-order valence-corrected chi connectivity index (χ0v) is 19.0. The van der Waals surface area contributed by atoms with Crippen molar-refractivity contribution in [3.8, 4) is 0 Å². The standard InChI is InChI=1S/C27H28N2O4/c1-17-7-8-20(15-18(17)2)24-16-28(13-14-33-24)25(30)19-9-11-21(12-10-19)29-26(31)22-5-3-4-6-23(22)27(29)32/h3-4,7-12,15,22-24H,5-6,13-14,16H2,1-2H3. The van der Waals surface area contributed by atoms with Crippen LogP contribution in [0, 0.1) is 25.7 Å². The number of carbonyl (C=O) groups is 3. The number of amides is 3. The SMILES string of the molecule is Cc1ccc(C2CN(C(=O)c3ccc(N4C(=O)C5CC=CCC5C4=O)cc3)CCO2)cc1C. The Bertz CT molecular complexity index is 1110. The van der Waals surface area contributed by atoms with Crippen molar-refractivity contribution in [2.24, 2.45) is 11.8 Å². The van der Waals surface area contributed by atoms with Crippen LogP contribution >= 0.6 is 0 Å². The van der Waals surface area contributed by atoms with E-state index in [1.54, 1.807) is 24.3 Å². The molecule has 33 heavy (non-hydrogen) atoms. The number of allylic oxidation sites excluding steroid dienone is 2. The summed E-state index contributed by atoms with van der Waals surface area (Å²) >= 11 is 0. The molecule has 6 nitrogen and oxygen atoms in total. The highest BCUT2D eigenvalue weighted by Crippen LogP contribution is 2.37. The molecule has 0 saturated carbocycles. The summed E-state index contributed by atoms with van der Waals surface area (Å²) < 4.78 is 5.95. The number of hydrogen-bond donors (Lipinski definition) is 0. The molecule has 3 atom stereocenters. The fourth-order valence-corrected chi connectivity index (χ4v) is 4.99. The second-order valence-electron chi connectivity index (χ2n) is 9.17. The summed E-state index contributed by atoms with van der Waals surface area (Å²) in [5, 5.41) is 0. The summed E-state index contributed by atoms with van der Waals surface area (Å²) in [5.41, 5.74) is 4.58. The Hall–Kier alpha value is -3.25. The summed E-state index contributed by atoms with van der Waals surface area (Å²) in [4.78, 5) is 41.9. The van der Waals surface area contributed by atoms with Crippen LogP contribution < -0.4 is 4.90 Å². The van der Waals surface area contributed by atoms with Gasteiger partial charge in [-0.2, -0.15) is 0 Å². The molecule has 0 spiro atoms. The van der Waals surface area contributed by atoms with Crippen LogP contribution in [0.15, 0.2) is 54.6 Å². The van der Waals surface area contributed by atoms with Crippen molar-refractivity contribution in [3.63, 3.8) is 0 Å². The lowest BCUT2D eigenvalue weighted by Crippen LogP contribution is -2.42. The maximum Gasteiger partial charge on any atom is 0.254 e. The minimum absolute atomic E-state index is 0.0735. The number of ether oxygens (including phenoxy) is 1. The quantitative estimate of drug-likeness (QED) is 0.531. The van der Waals surface area contributed by atoms with Crippen LogP contribution in [-0.2, 0) is 14.3 Å². The van der Waals surface area contributed by atoms with E-state index in [0.717, 1.165) is 5.56 Å². The van der Waals surface area contributed by atoms with Crippen LogP contribution in [0.1, 0.15) is 46.0 Å². The molecule has 0 aromatic heterocycles. The van der Waals surface area contributed by atoms with Gasteiger partial charge in [0.25, 0.3) is 5.91 Å². The van der Waals surface area contributed by atoms with Crippen molar-refractivity contribution < 1.29 is 19.1 Å². The molecule has 2 aromatic rings. The summed E-state index contributed by atoms with van der Waals surface area (Å²) in [7, 11) is 0. The van der Waals surface area contributed by atoms with E-state index in [9.17, 15) is 14.4 Å². The van der Waals surface area contributed by atoms with Gasteiger partial charge in [-0.05, 0) is 67.6 Å². The van der Waals surface area contributed by atoms with Gasteiger partial charge in [-0.3, -0.25) is 19.3 Å². The second kappa shape index (κ2) is 8.60. The lowest BCUT2D eigenvalue weighted by Gasteiger charge is -2.33. The molecule has 0 bridgehead atoms. The van der Waals surface area contributed by atoms with E-state index in [2.05, 4.69) is 32.0 Å². The van der Waals surface area contributed by atoms with Crippen LogP contribution in [-0.4, -0.2) is 42.3 Å². The number of nitrogens with zero attached hydrogens (tertiary/aromatic N) is 2. The largest absolute Gasteiger partial charge is 0.370 e. The van der Waals surface area contributed by atoms with E-state index >= 15 is 0 Å². The number of imide groups is 1. The molecule has 0 N–H and O–H groups in total. The third-order valence-electron chi connectivity index (χ3n) is 7.14. The lowest BCUT2D eigenvalue weighted by atomic mass is 9.85. The Morgan fingerprint density at radius 3 is 2.21 bits per heavy atom. The van der Waals surface area contributed by atoms with Gasteiger partial charge in [-0.25, -0.2) is 0 Å². The summed E-state index contributed by atoms with van der Waals surface area (Å²) in [5.74, 6) is -0.884. The van der Waals surface area contributed by atoms with Crippen molar-refractivity contribution in [2.75, 3.05) is 24.6 Å². The topological polar surface area (TPSA) is 66.9 Å². The Kier molecular flexibility index (Phi) is 5.62. The van der Waals surface area contributed by atoms with Crippen LogP contribution in [0.25, 0.3) is 0 Å². The predicted octanol–water partition coefficient (Wildman–Crippen LogP) is 3.97. The first-order valence-corrected chi connectivity index (χ1v) is 11.5. The molecule has 2 saturated heterocycles. The van der Waals surface area contributed by atoms with E-state index in [4.69, 9.17) is 4.74 Å². The Balaban J connectivity index is 1.30. The Labute approximate surface area is 193 Å². The minimum atomic E-state index is -0.264. The van der Waals surface area contributed by atoms with E-state index in [1.165, 1.54) is 16.0 Å². The molecule has 2 fully saturated rings. The van der Waals surface area contributed by atoms with Crippen molar-refractivity contribution in [3.05, 3.63) is 76.9 Å². The average Bonchev–Trinajstić information content (AvgIpc) is 3.10. The molecule has 3 amide bonds. The summed E-state index contributed by atoms with van der Waals surface area (Å²) in [6.07, 6.45) is 5.02. The van der Waals surface area contributed by atoms with E-state index in [1.807, 2.05) is 17.1 Å². The molecular formula is C27H28N2O4. The van der Waals surface area contributed by atoms with Crippen LogP contribution in [0.4, 0.5) is 5.69 Å². The van der Waals surface area contributed by atoms with E-state index < -0.39 is 0 Å². The highest BCUT2D eigenvalue weighted by Gasteiger charge is 2.47. The van der Waals surface area contributed by atoms with Gasteiger partial charge in [0.15, 0.2) is 0 Å². The first kappa shape index (κ1) is 21.6. The monoisotopic (exact) mass is 444 g/mol. The lowest BCUT2D eigenvalue weighted by molar-refractivity contribution is -0.122. The van der Waals surface area contributed by atoms with Gasteiger partial charge in [0.05, 0.1) is 30.7 Å². The van der Waals surface area contributed by atoms with Crippen molar-refractivity contribution in [1.82, 2.24) is 4.90 Å². The minimum Gasteiger partial charge on any atom is -0.370 e. The number of anilines is 1. The van der Waals surface area contributed by atoms with Gasteiger partial charge in [0.1, 0.15) is 6.10 Å². The summed E-state index contributed by atoms with van der Waals surface area (Å²) in [6.45, 7) is 5.65. The van der Waals surface area contributed by atoms with E-state index in [0.29, 0.717) is 43.8 Å². The van der Waals surface area contributed by atoms with Gasteiger partial charge >= 0.3 is 0 Å². The fraction of sp³-hybridized carbons (Fsp3) is 0.370. The van der Waals surface area contributed by atoms with Gasteiger partial charge in [-0.1, -0.05) is 30.4 Å². The average molecular weight is 445 g/mol. The second-order valence-corrected chi connectivity index (χ2v) is 9.17. The van der Waals surface area contributed by atoms with Gasteiger partial charge in [0, 0.05) is 12.1 Å². The predicted molar refractivity (Wildman–Crippen MR) is 125 cm³/mol. The van der Waals surface area contributed by atoms with Crippen molar-refractivity contribution in [1.29, 1.82) is 0 Å². The van der Waals surface area contributed by atoms with Crippen LogP contribution in [0.2, 0.25) is 0 Å². The fourth-order valence-electron chi connectivity index (χ4n) is 4.99. The molecular weight excluding hydrogens is 416 g/mol. The Morgan fingerprint density at radius 2 is 1.58 bits per heavy atom. The number of aryl methyl sites for hydroxylation is 2. The number of hydrogen-bond acceptors (Lipinski definition) is 4. The van der Waals surface area contributed by atoms with Crippen molar-refractivity contribution >= 4 is 23.4 Å². The molecule has 3 aliphatic rings. The zero-order valence-electron chi connectivity index (χ0n) is 19.0. The molecule has 0 radical (unpaired) electrons. The first-order chi connectivity index (χ1) is 15.9. The highest BCUT2D eigenvalue weighted by atomic mass is 16.5. The van der Waals surface area contributed by atoms with Gasteiger partial charge in [-0.15, -0.1) is 0 Å². The molecule has 2 aliphatic heterocycles. The molecule has 2 aromatic carbocycles. The normalized spacial score (nSPS) is 24.8. The smallest absolute Gasteiger partial charge is 0.254 e. The maximum atomic E-state index is 13.2. The number of benzene rings is 2. The number of carbonyl (C=O) groups excluding carboxylic acids is 3. The zero-order chi connectivity index (χ0) is 23.1. The van der Waals surface area contributed by atoms with Gasteiger partial charge < -0.3 is 9.64 Å². The molecule has 6 heteroatoms. The van der Waals surface area contributed by atoms with Gasteiger partial charge in [0.2, 0.25) is 11.8 Å². The number of fused-ring (bicyclic) bond motifs is 1. The Morgan fingerprint density at radius 1 is 0.909 bits per heavy atom. The highest BCUT2D eigenvalue weighted by molar-refractivity contribution is 6.22. The molecule has 1 aliphatic carbocycles. The molecule has 5 rings (SSSR count). The van der Waals surface area contributed by atoms with Crippen molar-refractivity contribution in [2.45, 2.75) is 32.8 Å². The first-order valence-electron chi connectivity index (χ1n) is 11.5. The number of rotatable bonds is 3. The molecule has 170 valence electrons. The van der Waals surface area contributed by atoms with E-state index in [-0.39, 0.29) is 35.7 Å². The maximum absolute atomic E-state index is 13.2. The summed E-state index contributed by atoms with van der Waals surface area (Å²) in [6, 6.07) is 13.1. The molecule has 2 heterocycles. The third-order valence-corrected chi connectivity index (χ3v) is 7.14. The van der Waals surface area contributed by atoms with Crippen LogP contribution in [0.3, 0.4) is 0 Å². The number of morpholine rings is 1.